The molecule has 0 atom stereocenters. The Morgan fingerprint density at radius 3 is 1.08 bits per heavy atom. The van der Waals surface area contributed by atoms with Gasteiger partial charge in [0, 0.05) is 0 Å². The summed E-state index contributed by atoms with van der Waals surface area (Å²) < 4.78 is 90.2. The Kier molecular flexibility index (Phi) is 1.38. The number of alkyl halides is 6. The number of hydrogen-bond donors (Lipinski definition) is 0. The molecule has 12 heavy (non-hydrogen) atoms. The summed E-state index contributed by atoms with van der Waals surface area (Å²) in [5.41, 5.74) is 0. The highest BCUT2D eigenvalue weighted by molar-refractivity contribution is 7.95. The maximum atomic E-state index is 11.8. The van der Waals surface area contributed by atoms with E-state index < -0.39 is 26.3 Å². The third kappa shape index (κ3) is 0.549. The molecular weight excluding hydrogens is 214 g/mol. The molecule has 1 heterocycles. The molecule has 0 aromatic heterocycles. The lowest BCUT2D eigenvalue weighted by Gasteiger charge is -2.41. The van der Waals surface area contributed by atoms with Crippen molar-refractivity contribution in [2.24, 2.45) is 0 Å². The molecule has 1 rings (SSSR count). The van der Waals surface area contributed by atoms with Crippen molar-refractivity contribution < 1.29 is 34.8 Å². The van der Waals surface area contributed by atoms with Crippen molar-refractivity contribution in [3.8, 4) is 0 Å². The van der Waals surface area contributed by atoms with Crippen LogP contribution in [0.15, 0.2) is 0 Å². The molecule has 1 aliphatic rings. The SMILES string of the molecule is O=S1(=O)C(F)(F)C(F)(F)C1(F)F. The van der Waals surface area contributed by atoms with Crippen molar-refractivity contribution in [2.45, 2.75) is 16.4 Å². The molecular formula is C3F6O2S. The molecule has 0 radical (unpaired) electrons. The van der Waals surface area contributed by atoms with Gasteiger partial charge in [0.2, 0.25) is 0 Å². The third-order valence-electron chi connectivity index (χ3n) is 1.41. The second-order valence-corrected chi connectivity index (χ2v) is 4.14. The number of sulfone groups is 1. The maximum absolute atomic E-state index is 11.8. The first-order chi connectivity index (χ1) is 5.00. The topological polar surface area (TPSA) is 34.1 Å². The van der Waals surface area contributed by atoms with Gasteiger partial charge in [-0.1, -0.05) is 0 Å². The molecule has 1 fully saturated rings. The summed E-state index contributed by atoms with van der Waals surface area (Å²) in [6.07, 6.45) is 0. The van der Waals surface area contributed by atoms with E-state index in [2.05, 4.69) is 0 Å². The average Bonchev–Trinajstić information content (AvgIpc) is 1.84. The zero-order valence-electron chi connectivity index (χ0n) is 4.99. The highest BCUT2D eigenvalue weighted by atomic mass is 32.2. The number of halogens is 6. The summed E-state index contributed by atoms with van der Waals surface area (Å²) in [6.45, 7) is 0. The standard InChI is InChI=1S/C3F6O2S/c4-1(5)2(6,7)12(10,11)3(1,8)9. The van der Waals surface area contributed by atoms with Gasteiger partial charge >= 0.3 is 16.4 Å². The van der Waals surface area contributed by atoms with Gasteiger partial charge in [0.25, 0.3) is 9.84 Å². The van der Waals surface area contributed by atoms with Gasteiger partial charge in [-0.3, -0.25) is 0 Å². The third-order valence-corrected chi connectivity index (χ3v) is 3.27. The summed E-state index contributed by atoms with van der Waals surface area (Å²) in [6, 6.07) is 0. The molecule has 1 aliphatic heterocycles. The van der Waals surface area contributed by atoms with Crippen LogP contribution in [0.2, 0.25) is 0 Å². The van der Waals surface area contributed by atoms with E-state index in [4.69, 9.17) is 0 Å². The monoisotopic (exact) mass is 214 g/mol. The van der Waals surface area contributed by atoms with Crippen LogP contribution < -0.4 is 0 Å². The Morgan fingerprint density at radius 1 is 0.750 bits per heavy atom. The molecule has 0 spiro atoms. The normalized spacial score (nSPS) is 33.8. The molecule has 1 saturated heterocycles. The molecule has 0 aromatic carbocycles. The van der Waals surface area contributed by atoms with Crippen LogP contribution >= 0.6 is 0 Å². The van der Waals surface area contributed by atoms with E-state index in [0.717, 1.165) is 0 Å². The van der Waals surface area contributed by atoms with Gasteiger partial charge in [-0.05, 0) is 0 Å². The quantitative estimate of drug-likeness (QED) is 0.568. The van der Waals surface area contributed by atoms with Gasteiger partial charge in [0.05, 0.1) is 0 Å². The van der Waals surface area contributed by atoms with Crippen LogP contribution in [0.25, 0.3) is 0 Å². The Bertz CT molecular complexity index is 292. The van der Waals surface area contributed by atoms with Gasteiger partial charge in [0.1, 0.15) is 0 Å². The molecule has 9 heteroatoms. The molecule has 0 N–H and O–H groups in total. The van der Waals surface area contributed by atoms with E-state index >= 15 is 0 Å². The van der Waals surface area contributed by atoms with Gasteiger partial charge in [-0.25, -0.2) is 8.42 Å². The Hall–Kier alpha value is -0.470. The second kappa shape index (κ2) is 1.73. The lowest BCUT2D eigenvalue weighted by molar-refractivity contribution is -0.279. The van der Waals surface area contributed by atoms with E-state index in [1.54, 1.807) is 0 Å². The van der Waals surface area contributed by atoms with Gasteiger partial charge in [-0.2, -0.15) is 26.3 Å². The highest BCUT2D eigenvalue weighted by Crippen LogP contribution is 2.63. The molecule has 2 nitrogen and oxygen atoms in total. The van der Waals surface area contributed by atoms with Crippen LogP contribution in [0.4, 0.5) is 26.3 Å². The van der Waals surface area contributed by atoms with Gasteiger partial charge in [-0.15, -0.1) is 0 Å². The van der Waals surface area contributed by atoms with Crippen LogP contribution in [-0.2, 0) is 9.84 Å². The smallest absolute Gasteiger partial charge is 0.216 e. The minimum absolute atomic E-state index is 5.66. The zero-order chi connectivity index (χ0) is 10.0. The van der Waals surface area contributed by atoms with Crippen LogP contribution in [0, 0.1) is 0 Å². The minimum atomic E-state index is -6.36. The van der Waals surface area contributed by atoms with Crippen molar-refractivity contribution in [1.82, 2.24) is 0 Å². The molecule has 0 saturated carbocycles. The average molecular weight is 214 g/mol. The van der Waals surface area contributed by atoms with Crippen LogP contribution in [0.5, 0.6) is 0 Å². The molecule has 0 aromatic rings. The van der Waals surface area contributed by atoms with E-state index in [-0.39, 0.29) is 0 Å². The molecule has 0 bridgehead atoms. The Morgan fingerprint density at radius 2 is 1.00 bits per heavy atom. The summed E-state index contributed by atoms with van der Waals surface area (Å²) in [4.78, 5) is 0. The maximum Gasteiger partial charge on any atom is 0.420 e. The number of hydrogen-bond acceptors (Lipinski definition) is 2. The lowest BCUT2D eigenvalue weighted by Crippen LogP contribution is -2.74. The first-order valence-corrected chi connectivity index (χ1v) is 3.86. The first-order valence-electron chi connectivity index (χ1n) is 2.38. The fraction of sp³-hybridized carbons (Fsp3) is 1.00. The minimum Gasteiger partial charge on any atom is -0.216 e. The van der Waals surface area contributed by atoms with Crippen molar-refractivity contribution in [3.63, 3.8) is 0 Å². The molecule has 0 unspecified atom stereocenters. The summed E-state index contributed by atoms with van der Waals surface area (Å²) >= 11 is 0. The van der Waals surface area contributed by atoms with Gasteiger partial charge < -0.3 is 0 Å². The Balaban J connectivity index is 3.36. The lowest BCUT2D eigenvalue weighted by atomic mass is 10.3. The summed E-state index contributed by atoms with van der Waals surface area (Å²) in [7, 11) is -6.36. The molecule has 0 aliphatic carbocycles. The zero-order valence-corrected chi connectivity index (χ0v) is 5.81. The van der Waals surface area contributed by atoms with Gasteiger partial charge in [0.15, 0.2) is 0 Å². The first kappa shape index (κ1) is 9.62. The summed E-state index contributed by atoms with van der Waals surface area (Å²) in [5, 5.41) is -11.3. The van der Waals surface area contributed by atoms with E-state index in [9.17, 15) is 34.8 Å². The van der Waals surface area contributed by atoms with E-state index in [0.29, 0.717) is 0 Å². The Labute approximate surface area is 62.1 Å². The van der Waals surface area contributed by atoms with Crippen LogP contribution in [0.3, 0.4) is 0 Å². The predicted molar refractivity (Wildman–Crippen MR) is 23.8 cm³/mol. The summed E-state index contributed by atoms with van der Waals surface area (Å²) in [5.74, 6) is -5.81. The van der Waals surface area contributed by atoms with E-state index in [1.807, 2.05) is 0 Å². The van der Waals surface area contributed by atoms with Crippen molar-refractivity contribution in [2.75, 3.05) is 0 Å². The molecule has 0 amide bonds. The van der Waals surface area contributed by atoms with Crippen LogP contribution in [-0.4, -0.2) is 24.8 Å². The molecule has 72 valence electrons. The fourth-order valence-corrected chi connectivity index (χ4v) is 1.72. The largest absolute Gasteiger partial charge is 0.420 e. The van der Waals surface area contributed by atoms with E-state index in [1.165, 1.54) is 0 Å². The van der Waals surface area contributed by atoms with Crippen molar-refractivity contribution in [1.29, 1.82) is 0 Å². The van der Waals surface area contributed by atoms with Crippen LogP contribution in [0.1, 0.15) is 0 Å². The highest BCUT2D eigenvalue weighted by Gasteiger charge is 2.96. The van der Waals surface area contributed by atoms with Crippen molar-refractivity contribution in [3.05, 3.63) is 0 Å². The second-order valence-electron chi connectivity index (χ2n) is 2.11. The number of rotatable bonds is 0. The predicted octanol–water partition coefficient (Wildman–Crippen LogP) is 1.24. The van der Waals surface area contributed by atoms with Crippen molar-refractivity contribution >= 4 is 9.84 Å². The fourth-order valence-electron chi connectivity index (χ4n) is 0.622.